The maximum Gasteiger partial charge on any atom is 0.255 e. The summed E-state index contributed by atoms with van der Waals surface area (Å²) in [6.45, 7) is 1.90. The molecule has 3 rings (SSSR count). The van der Waals surface area contributed by atoms with Gasteiger partial charge >= 0.3 is 0 Å². The highest BCUT2D eigenvalue weighted by atomic mass is 35.5. The molecule has 26 heavy (non-hydrogen) atoms. The van der Waals surface area contributed by atoms with Crippen molar-refractivity contribution in [2.75, 3.05) is 23.9 Å². The first kappa shape index (κ1) is 18.7. The molecule has 1 atom stereocenters. The monoisotopic (exact) mass is 393 g/mol. The first-order chi connectivity index (χ1) is 12.3. The van der Waals surface area contributed by atoms with Gasteiger partial charge in [-0.15, -0.1) is 0 Å². The van der Waals surface area contributed by atoms with E-state index in [1.807, 2.05) is 25.1 Å². The number of rotatable bonds is 4. The number of nitrogens with zero attached hydrogens (tertiary/aromatic N) is 2. The van der Waals surface area contributed by atoms with Crippen LogP contribution in [0.3, 0.4) is 0 Å². The minimum absolute atomic E-state index is 0.0162. The zero-order valence-corrected chi connectivity index (χ0v) is 16.1. The highest BCUT2D eigenvalue weighted by Crippen LogP contribution is 2.26. The molecule has 138 valence electrons. The summed E-state index contributed by atoms with van der Waals surface area (Å²) >= 11 is 6.13. The van der Waals surface area contributed by atoms with E-state index in [1.165, 1.54) is 11.1 Å². The van der Waals surface area contributed by atoms with Gasteiger partial charge in [0.25, 0.3) is 5.91 Å². The van der Waals surface area contributed by atoms with Crippen molar-refractivity contribution in [3.63, 3.8) is 0 Å². The van der Waals surface area contributed by atoms with Gasteiger partial charge < -0.3 is 10.2 Å². The predicted octanol–water partition coefficient (Wildman–Crippen LogP) is 3.05. The maximum absolute atomic E-state index is 12.7. The molecule has 1 aliphatic rings. The minimum atomic E-state index is -3.05. The number of halogens is 1. The number of carbonyl (C=O) groups is 1. The first-order valence-electron chi connectivity index (χ1n) is 8.21. The zero-order valence-electron chi connectivity index (χ0n) is 14.6. The van der Waals surface area contributed by atoms with E-state index in [0.29, 0.717) is 22.7 Å². The summed E-state index contributed by atoms with van der Waals surface area (Å²) in [5.74, 6) is -0.100. The van der Waals surface area contributed by atoms with Crippen molar-refractivity contribution in [1.29, 1.82) is 0 Å². The summed E-state index contributed by atoms with van der Waals surface area (Å²) in [6.07, 6.45) is 3.58. The van der Waals surface area contributed by atoms with E-state index >= 15 is 0 Å². The van der Waals surface area contributed by atoms with Crippen molar-refractivity contribution in [2.45, 2.75) is 19.4 Å². The number of hydrogen-bond donors (Lipinski definition) is 1. The van der Waals surface area contributed by atoms with E-state index in [4.69, 9.17) is 11.6 Å². The number of benzene rings is 1. The van der Waals surface area contributed by atoms with Crippen molar-refractivity contribution in [3.05, 3.63) is 52.8 Å². The second-order valence-electron chi connectivity index (χ2n) is 6.47. The standard InChI is InChI=1S/C18H20ClN3O3S/c1-12-16(19)4-3-5-17(12)21-14-8-13(9-20-10-14)18(23)22(2)15-6-7-26(24,25)11-15/h3-5,8-10,15,21H,6-7,11H2,1-2H3. The SMILES string of the molecule is Cc1c(Cl)cccc1Nc1cncc(C(=O)N(C)C2CCS(=O)(=O)C2)c1. The number of nitrogens with one attached hydrogen (secondary N) is 1. The molecule has 0 spiro atoms. The van der Waals surface area contributed by atoms with E-state index < -0.39 is 9.84 Å². The third-order valence-corrected chi connectivity index (χ3v) is 6.77. The average molecular weight is 394 g/mol. The molecule has 1 saturated heterocycles. The van der Waals surface area contributed by atoms with Gasteiger partial charge in [-0.25, -0.2) is 8.42 Å². The van der Waals surface area contributed by atoms with Gasteiger partial charge in [0.15, 0.2) is 9.84 Å². The van der Waals surface area contributed by atoms with Crippen LogP contribution in [-0.2, 0) is 9.84 Å². The van der Waals surface area contributed by atoms with Gasteiger partial charge in [-0.1, -0.05) is 17.7 Å². The van der Waals surface area contributed by atoms with Gasteiger partial charge in [0.05, 0.1) is 29.0 Å². The number of pyridine rings is 1. The fraction of sp³-hybridized carbons (Fsp3) is 0.333. The van der Waals surface area contributed by atoms with Crippen molar-refractivity contribution in [1.82, 2.24) is 9.88 Å². The summed E-state index contributed by atoms with van der Waals surface area (Å²) in [7, 11) is -1.41. The van der Waals surface area contributed by atoms with E-state index in [1.54, 1.807) is 19.3 Å². The first-order valence-corrected chi connectivity index (χ1v) is 10.4. The smallest absolute Gasteiger partial charge is 0.255 e. The highest BCUT2D eigenvalue weighted by molar-refractivity contribution is 7.91. The Balaban J connectivity index is 1.78. The third-order valence-electron chi connectivity index (χ3n) is 4.61. The number of anilines is 2. The maximum atomic E-state index is 12.7. The number of aromatic nitrogens is 1. The largest absolute Gasteiger partial charge is 0.354 e. The van der Waals surface area contributed by atoms with E-state index in [0.717, 1.165) is 11.3 Å². The molecule has 6 nitrogen and oxygen atoms in total. The molecule has 1 amide bonds. The second-order valence-corrected chi connectivity index (χ2v) is 9.11. The van der Waals surface area contributed by atoms with Gasteiger partial charge in [0.2, 0.25) is 0 Å². The Labute approximate surface area is 158 Å². The Morgan fingerprint density at radius 3 is 2.81 bits per heavy atom. The Kier molecular flexibility index (Phi) is 5.20. The summed E-state index contributed by atoms with van der Waals surface area (Å²) in [4.78, 5) is 18.3. The van der Waals surface area contributed by atoms with Gasteiger partial charge in [-0.2, -0.15) is 0 Å². The van der Waals surface area contributed by atoms with Crippen LogP contribution in [-0.4, -0.2) is 48.8 Å². The predicted molar refractivity (Wildman–Crippen MR) is 103 cm³/mol. The summed E-state index contributed by atoms with van der Waals surface area (Å²) in [6, 6.07) is 6.96. The Bertz CT molecular complexity index is 946. The van der Waals surface area contributed by atoms with Crippen LogP contribution in [0.5, 0.6) is 0 Å². The third kappa shape index (κ3) is 3.99. The van der Waals surface area contributed by atoms with Crippen LogP contribution in [0.15, 0.2) is 36.7 Å². The number of carbonyl (C=O) groups excluding carboxylic acids is 1. The quantitative estimate of drug-likeness (QED) is 0.863. The molecule has 0 aliphatic carbocycles. The summed E-state index contributed by atoms with van der Waals surface area (Å²) in [5.41, 5.74) is 2.80. The lowest BCUT2D eigenvalue weighted by Crippen LogP contribution is -2.37. The molecule has 0 bridgehead atoms. The van der Waals surface area contributed by atoms with Crippen LogP contribution in [0.1, 0.15) is 22.3 Å². The van der Waals surface area contributed by atoms with E-state index in [9.17, 15) is 13.2 Å². The van der Waals surface area contributed by atoms with Crippen molar-refractivity contribution >= 4 is 38.7 Å². The van der Waals surface area contributed by atoms with Crippen LogP contribution in [0.25, 0.3) is 0 Å². The van der Waals surface area contributed by atoms with Crippen LogP contribution in [0, 0.1) is 6.92 Å². The van der Waals surface area contributed by atoms with Crippen molar-refractivity contribution in [2.24, 2.45) is 0 Å². The average Bonchev–Trinajstić information content (AvgIpc) is 2.98. The van der Waals surface area contributed by atoms with Gasteiger partial charge in [-0.05, 0) is 37.1 Å². The van der Waals surface area contributed by atoms with Gasteiger partial charge in [-0.3, -0.25) is 9.78 Å². The van der Waals surface area contributed by atoms with Crippen LogP contribution >= 0.6 is 11.6 Å². The molecule has 1 fully saturated rings. The molecule has 8 heteroatoms. The molecule has 1 N–H and O–H groups in total. The fourth-order valence-corrected chi connectivity index (χ4v) is 4.92. The number of sulfone groups is 1. The Hall–Kier alpha value is -2.12. The molecule has 1 aromatic heterocycles. The minimum Gasteiger partial charge on any atom is -0.354 e. The van der Waals surface area contributed by atoms with Crippen LogP contribution in [0.2, 0.25) is 5.02 Å². The van der Waals surface area contributed by atoms with Gasteiger partial charge in [0, 0.05) is 30.0 Å². The fourth-order valence-electron chi connectivity index (χ4n) is 2.97. The van der Waals surface area contributed by atoms with Crippen molar-refractivity contribution < 1.29 is 13.2 Å². The Morgan fingerprint density at radius 2 is 2.12 bits per heavy atom. The molecular weight excluding hydrogens is 374 g/mol. The van der Waals surface area contributed by atoms with Crippen LogP contribution < -0.4 is 5.32 Å². The molecule has 1 aromatic carbocycles. The molecular formula is C18H20ClN3O3S. The topological polar surface area (TPSA) is 79.4 Å². The lowest BCUT2D eigenvalue weighted by atomic mass is 10.1. The van der Waals surface area contributed by atoms with E-state index in [-0.39, 0.29) is 23.5 Å². The molecule has 1 aliphatic heterocycles. The molecule has 2 heterocycles. The highest BCUT2D eigenvalue weighted by Gasteiger charge is 2.33. The van der Waals surface area contributed by atoms with E-state index in [2.05, 4.69) is 10.3 Å². The normalized spacial score (nSPS) is 18.5. The molecule has 0 saturated carbocycles. The van der Waals surface area contributed by atoms with Gasteiger partial charge in [0.1, 0.15) is 0 Å². The molecule has 1 unspecified atom stereocenters. The lowest BCUT2D eigenvalue weighted by molar-refractivity contribution is 0.0747. The number of hydrogen-bond acceptors (Lipinski definition) is 5. The second kappa shape index (κ2) is 7.25. The Morgan fingerprint density at radius 1 is 1.35 bits per heavy atom. The number of amides is 1. The molecule has 0 radical (unpaired) electrons. The lowest BCUT2D eigenvalue weighted by Gasteiger charge is -2.23. The van der Waals surface area contributed by atoms with Crippen LogP contribution in [0.4, 0.5) is 11.4 Å². The molecule has 2 aromatic rings. The zero-order chi connectivity index (χ0) is 18.9. The summed E-state index contributed by atoms with van der Waals surface area (Å²) < 4.78 is 23.3. The summed E-state index contributed by atoms with van der Waals surface area (Å²) in [5, 5.41) is 3.87. The van der Waals surface area contributed by atoms with Crippen molar-refractivity contribution in [3.8, 4) is 0 Å².